The largest absolute Gasteiger partial charge is 0.490 e. The molecule has 0 aliphatic rings. The highest BCUT2D eigenvalue weighted by Crippen LogP contribution is 2.29. The number of aliphatic hydroxyl groups excluding tert-OH is 1. The van der Waals surface area contributed by atoms with Crippen molar-refractivity contribution in [3.63, 3.8) is 0 Å². The van der Waals surface area contributed by atoms with E-state index in [4.69, 9.17) is 9.47 Å². The molecule has 0 aliphatic heterocycles. The molecule has 0 aliphatic carbocycles. The molecule has 2 aromatic carbocycles. The minimum absolute atomic E-state index is 0. The highest BCUT2D eigenvalue weighted by Gasteiger charge is 2.07. The van der Waals surface area contributed by atoms with Gasteiger partial charge in [0.15, 0.2) is 11.5 Å². The smallest absolute Gasteiger partial charge is 0.161 e. The van der Waals surface area contributed by atoms with Crippen LogP contribution in [0.4, 0.5) is 0 Å². The topological polar surface area (TPSA) is 50.7 Å². The molecular formula is C19H26ClNO3. The van der Waals surface area contributed by atoms with Crippen molar-refractivity contribution >= 4 is 12.4 Å². The third-order valence-corrected chi connectivity index (χ3v) is 3.31. The average molecular weight is 352 g/mol. The summed E-state index contributed by atoms with van der Waals surface area (Å²) in [5.41, 5.74) is 2.22. The van der Waals surface area contributed by atoms with Gasteiger partial charge >= 0.3 is 0 Å². The van der Waals surface area contributed by atoms with E-state index >= 15 is 0 Å². The van der Waals surface area contributed by atoms with Crippen molar-refractivity contribution in [3.05, 3.63) is 59.7 Å². The number of nitrogens with one attached hydrogen (secondary N) is 1. The molecule has 0 aromatic heterocycles. The van der Waals surface area contributed by atoms with Crippen LogP contribution in [0.2, 0.25) is 0 Å². The summed E-state index contributed by atoms with van der Waals surface area (Å²) in [6.45, 7) is 6.07. The molecule has 1 unspecified atom stereocenters. The number of aliphatic hydroxyl groups is 1. The molecule has 2 aromatic rings. The minimum atomic E-state index is -0.352. The maximum atomic E-state index is 9.28. The van der Waals surface area contributed by atoms with Crippen LogP contribution < -0.4 is 14.8 Å². The van der Waals surface area contributed by atoms with E-state index in [1.165, 1.54) is 0 Å². The quantitative estimate of drug-likeness (QED) is 0.725. The van der Waals surface area contributed by atoms with Crippen molar-refractivity contribution in [2.75, 3.05) is 13.2 Å². The van der Waals surface area contributed by atoms with Crippen LogP contribution >= 0.6 is 12.4 Å². The summed E-state index contributed by atoms with van der Waals surface area (Å²) in [4.78, 5) is 0. The van der Waals surface area contributed by atoms with Gasteiger partial charge < -0.3 is 19.9 Å². The first kappa shape index (κ1) is 20.3. The van der Waals surface area contributed by atoms with E-state index in [1.54, 1.807) is 6.92 Å². The van der Waals surface area contributed by atoms with Crippen LogP contribution in [0.25, 0.3) is 0 Å². The molecular weight excluding hydrogens is 326 g/mol. The first-order valence-corrected chi connectivity index (χ1v) is 8.00. The van der Waals surface area contributed by atoms with E-state index in [2.05, 4.69) is 5.32 Å². The van der Waals surface area contributed by atoms with Crippen LogP contribution in [0, 0.1) is 0 Å². The number of hydrogen-bond donors (Lipinski definition) is 2. The third kappa shape index (κ3) is 6.79. The highest BCUT2D eigenvalue weighted by atomic mass is 35.5. The van der Waals surface area contributed by atoms with Crippen molar-refractivity contribution in [1.29, 1.82) is 0 Å². The number of hydrogen-bond acceptors (Lipinski definition) is 4. The maximum Gasteiger partial charge on any atom is 0.161 e. The summed E-state index contributed by atoms with van der Waals surface area (Å²) in [5, 5.41) is 12.5. The van der Waals surface area contributed by atoms with Crippen molar-refractivity contribution in [2.24, 2.45) is 0 Å². The van der Waals surface area contributed by atoms with Crippen LogP contribution in [-0.4, -0.2) is 24.4 Å². The fourth-order valence-electron chi connectivity index (χ4n) is 2.21. The van der Waals surface area contributed by atoms with Gasteiger partial charge in [-0.15, -0.1) is 12.4 Å². The van der Waals surface area contributed by atoms with E-state index in [9.17, 15) is 5.11 Å². The van der Waals surface area contributed by atoms with E-state index in [0.717, 1.165) is 22.6 Å². The van der Waals surface area contributed by atoms with E-state index in [1.807, 2.05) is 55.5 Å². The Hall–Kier alpha value is -1.75. The number of ether oxygens (including phenoxy) is 2. The predicted molar refractivity (Wildman–Crippen MR) is 99.0 cm³/mol. The third-order valence-electron chi connectivity index (χ3n) is 3.31. The zero-order chi connectivity index (χ0) is 16.5. The maximum absolute atomic E-state index is 9.28. The number of halogens is 1. The van der Waals surface area contributed by atoms with E-state index in [0.29, 0.717) is 26.3 Å². The SMILES string of the molecule is CCOc1cc(CNCC(C)O)ccc1OCc1ccccc1.Cl. The first-order chi connectivity index (χ1) is 11.2. The van der Waals surface area contributed by atoms with Crippen LogP contribution in [0.15, 0.2) is 48.5 Å². The van der Waals surface area contributed by atoms with Gasteiger partial charge in [0.1, 0.15) is 6.61 Å². The van der Waals surface area contributed by atoms with Crippen LogP contribution in [-0.2, 0) is 13.2 Å². The average Bonchev–Trinajstić information content (AvgIpc) is 2.55. The summed E-state index contributed by atoms with van der Waals surface area (Å²) in [6.07, 6.45) is -0.352. The van der Waals surface area contributed by atoms with Gasteiger partial charge in [-0.05, 0) is 37.1 Å². The molecule has 0 heterocycles. The molecule has 0 saturated heterocycles. The molecule has 0 radical (unpaired) electrons. The Labute approximate surface area is 150 Å². The minimum Gasteiger partial charge on any atom is -0.490 e. The van der Waals surface area contributed by atoms with Gasteiger partial charge in [-0.2, -0.15) is 0 Å². The summed E-state index contributed by atoms with van der Waals surface area (Å²) in [7, 11) is 0. The zero-order valence-electron chi connectivity index (χ0n) is 14.2. The van der Waals surface area contributed by atoms with Crippen molar-refractivity contribution < 1.29 is 14.6 Å². The Kier molecular flexibility index (Phi) is 9.23. The Morgan fingerprint density at radius 1 is 1.00 bits per heavy atom. The molecule has 5 heteroatoms. The number of benzene rings is 2. The Balaban J connectivity index is 0.00000288. The van der Waals surface area contributed by atoms with Gasteiger partial charge in [0, 0.05) is 13.1 Å². The van der Waals surface area contributed by atoms with E-state index < -0.39 is 0 Å². The van der Waals surface area contributed by atoms with Gasteiger partial charge in [-0.1, -0.05) is 36.4 Å². The fourth-order valence-corrected chi connectivity index (χ4v) is 2.21. The van der Waals surface area contributed by atoms with Crippen LogP contribution in [0.5, 0.6) is 11.5 Å². The van der Waals surface area contributed by atoms with Crippen molar-refractivity contribution in [1.82, 2.24) is 5.32 Å². The monoisotopic (exact) mass is 351 g/mol. The lowest BCUT2D eigenvalue weighted by Gasteiger charge is -2.14. The Bertz CT molecular complexity index is 590. The standard InChI is InChI=1S/C19H25NO3.ClH/c1-3-22-19-11-17(13-20-12-15(2)21)9-10-18(19)23-14-16-7-5-4-6-8-16;/h4-11,15,20-21H,3,12-14H2,1-2H3;1H. The predicted octanol–water partition coefficient (Wildman–Crippen LogP) is 3.56. The normalized spacial score (nSPS) is 11.5. The van der Waals surface area contributed by atoms with Gasteiger partial charge in [0.25, 0.3) is 0 Å². The lowest BCUT2D eigenvalue weighted by Crippen LogP contribution is -2.23. The molecule has 24 heavy (non-hydrogen) atoms. The molecule has 0 fully saturated rings. The molecule has 0 saturated carbocycles. The first-order valence-electron chi connectivity index (χ1n) is 8.00. The lowest BCUT2D eigenvalue weighted by molar-refractivity contribution is 0.191. The van der Waals surface area contributed by atoms with Gasteiger partial charge in [-0.3, -0.25) is 0 Å². The van der Waals surface area contributed by atoms with Crippen LogP contribution in [0.1, 0.15) is 25.0 Å². The van der Waals surface area contributed by atoms with Crippen molar-refractivity contribution in [3.8, 4) is 11.5 Å². The zero-order valence-corrected chi connectivity index (χ0v) is 15.0. The molecule has 132 valence electrons. The second kappa shape index (κ2) is 10.9. The highest BCUT2D eigenvalue weighted by molar-refractivity contribution is 5.85. The summed E-state index contributed by atoms with van der Waals surface area (Å²) in [6, 6.07) is 16.0. The molecule has 0 spiro atoms. The van der Waals surface area contributed by atoms with E-state index in [-0.39, 0.29) is 18.5 Å². The summed E-state index contributed by atoms with van der Waals surface area (Å²) < 4.78 is 11.6. The molecule has 0 bridgehead atoms. The van der Waals surface area contributed by atoms with Crippen LogP contribution in [0.3, 0.4) is 0 Å². The molecule has 2 N–H and O–H groups in total. The summed E-state index contributed by atoms with van der Waals surface area (Å²) >= 11 is 0. The second-order valence-electron chi connectivity index (χ2n) is 5.47. The Morgan fingerprint density at radius 3 is 2.42 bits per heavy atom. The van der Waals surface area contributed by atoms with Gasteiger partial charge in [0.05, 0.1) is 12.7 Å². The van der Waals surface area contributed by atoms with Gasteiger partial charge in [-0.25, -0.2) is 0 Å². The Morgan fingerprint density at radius 2 is 1.75 bits per heavy atom. The van der Waals surface area contributed by atoms with Gasteiger partial charge in [0.2, 0.25) is 0 Å². The molecule has 2 rings (SSSR count). The van der Waals surface area contributed by atoms with Crippen molar-refractivity contribution in [2.45, 2.75) is 33.1 Å². The molecule has 0 amide bonds. The second-order valence-corrected chi connectivity index (χ2v) is 5.47. The molecule has 4 nitrogen and oxygen atoms in total. The molecule has 1 atom stereocenters. The summed E-state index contributed by atoms with van der Waals surface area (Å²) in [5.74, 6) is 1.50. The fraction of sp³-hybridized carbons (Fsp3) is 0.368. The number of rotatable bonds is 9. The lowest BCUT2D eigenvalue weighted by atomic mass is 10.2.